The van der Waals surface area contributed by atoms with Crippen LogP contribution in [0.3, 0.4) is 0 Å². The zero-order valence-corrected chi connectivity index (χ0v) is 27.2. The van der Waals surface area contributed by atoms with Gasteiger partial charge in [-0.05, 0) is 34.9 Å². The van der Waals surface area contributed by atoms with Gasteiger partial charge in [0.2, 0.25) is 0 Å². The van der Waals surface area contributed by atoms with Crippen LogP contribution < -0.4 is 18.9 Å². The molecular weight excluding hydrogens is 636 g/mol. The first-order valence-corrected chi connectivity index (χ1v) is 13.5. The number of rotatable bonds is 7. The van der Waals surface area contributed by atoms with Crippen LogP contribution in [0.5, 0.6) is 23.0 Å². The summed E-state index contributed by atoms with van der Waals surface area (Å²) >= 11 is 0. The van der Waals surface area contributed by atoms with Crippen molar-refractivity contribution < 1.29 is 58.2 Å². The summed E-state index contributed by atoms with van der Waals surface area (Å²) in [5.41, 5.74) is 4.92. The van der Waals surface area contributed by atoms with Crippen LogP contribution in [-0.4, -0.2) is 33.5 Å². The smallest absolute Gasteiger partial charge is 0.522 e. The Morgan fingerprint density at radius 1 is 0.682 bits per heavy atom. The first-order chi connectivity index (χ1) is 20.6. The van der Waals surface area contributed by atoms with Gasteiger partial charge in [0.05, 0.1) is 39.9 Å². The molecule has 1 aliphatic carbocycles. The second-order valence-electron chi connectivity index (χ2n) is 9.11. The first-order valence-electron chi connectivity index (χ1n) is 13.5. The van der Waals surface area contributed by atoms with Gasteiger partial charge in [0.15, 0.2) is 0 Å². The Bertz CT molecular complexity index is 1560. The van der Waals surface area contributed by atoms with E-state index in [9.17, 15) is 5.11 Å². The zero-order valence-electron chi connectivity index (χ0n) is 25.0. The summed E-state index contributed by atoms with van der Waals surface area (Å²) < 4.78 is 21.8. The van der Waals surface area contributed by atoms with Crippen molar-refractivity contribution in [3.8, 4) is 34.1 Å². The number of hydrogen-bond acceptors (Lipinski definition) is 5. The van der Waals surface area contributed by atoms with Gasteiger partial charge < -0.3 is 24.1 Å². The van der Waals surface area contributed by atoms with Crippen LogP contribution in [0, 0.1) is 0 Å². The number of ether oxygens (including phenoxy) is 4. The maximum Gasteiger partial charge on any atom is 2.00 e. The fourth-order valence-corrected chi connectivity index (χ4v) is 4.55. The number of aliphatic hydroxyl groups excluding tert-OH is 1. The Kier molecular flexibility index (Phi) is 15.0. The average molecular weight is 671 g/mol. The Morgan fingerprint density at radius 3 is 1.68 bits per heavy atom. The third kappa shape index (κ3) is 8.88. The molecule has 0 radical (unpaired) electrons. The zero-order chi connectivity index (χ0) is 29.7. The maximum absolute atomic E-state index is 11.4. The number of allylic oxidation sites excluding steroid dienone is 5. The van der Waals surface area contributed by atoms with Crippen molar-refractivity contribution in [2.75, 3.05) is 28.4 Å². The second kappa shape index (κ2) is 18.4. The maximum atomic E-state index is 11.4. The molecule has 0 unspecified atom stereocenters. The SMILES string of the molecule is COc1ccc(C2=CC=CC2=C(O)[c-]2cccc2-c2ccc(OC)cc2OC)c(OC)c1.[Fe+2].[Fe].c1cc[cH-]c1.c1cc[cH-]c1. The standard InChI is InChI=1S/C27H25O5.2C5H5.2Fe/c1-29-17-11-13-21(25(15-17)31-3)19-7-5-9-23(19)27(28)24-10-6-8-20(24)22-14-12-18(30-2)16-26(22)32-4;2*1-2-4-5-3-1;;/h5-16,28H,1-4H3;2*1-5H;;/q3*-1;;+2. The largest absolute Gasteiger partial charge is 2.00 e. The van der Waals surface area contributed by atoms with Crippen molar-refractivity contribution >= 4 is 11.3 Å². The predicted octanol–water partition coefficient (Wildman–Crippen LogP) is 8.84. The van der Waals surface area contributed by atoms with E-state index < -0.39 is 0 Å². The van der Waals surface area contributed by atoms with Crippen molar-refractivity contribution in [3.63, 3.8) is 0 Å². The molecule has 0 aliphatic heterocycles. The topological polar surface area (TPSA) is 57.2 Å². The van der Waals surface area contributed by atoms with Gasteiger partial charge in [-0.1, -0.05) is 29.9 Å². The summed E-state index contributed by atoms with van der Waals surface area (Å²) in [4.78, 5) is 0. The molecule has 0 saturated heterocycles. The summed E-state index contributed by atoms with van der Waals surface area (Å²) in [5, 5.41) is 11.4. The molecule has 0 saturated carbocycles. The fourth-order valence-electron chi connectivity index (χ4n) is 4.55. The van der Waals surface area contributed by atoms with Crippen LogP contribution in [0.2, 0.25) is 0 Å². The van der Waals surface area contributed by atoms with Gasteiger partial charge in [-0.15, -0.1) is 11.6 Å². The van der Waals surface area contributed by atoms with E-state index in [2.05, 4.69) is 0 Å². The summed E-state index contributed by atoms with van der Waals surface area (Å²) in [5.74, 6) is 2.93. The van der Waals surface area contributed by atoms with Gasteiger partial charge in [-0.2, -0.15) is 48.5 Å². The van der Waals surface area contributed by atoms with Crippen LogP contribution in [0.1, 0.15) is 11.1 Å². The Labute approximate surface area is 281 Å². The van der Waals surface area contributed by atoms with Crippen molar-refractivity contribution in [1.82, 2.24) is 0 Å². The second-order valence-corrected chi connectivity index (χ2v) is 9.11. The van der Waals surface area contributed by atoms with Gasteiger partial charge in [0.1, 0.15) is 17.2 Å². The Morgan fingerprint density at radius 2 is 1.20 bits per heavy atom. The van der Waals surface area contributed by atoms with Gasteiger partial charge in [0.25, 0.3) is 0 Å². The summed E-state index contributed by atoms with van der Waals surface area (Å²) in [6, 6.07) is 37.1. The Hall–Kier alpha value is -4.25. The van der Waals surface area contributed by atoms with Crippen LogP contribution in [0.25, 0.3) is 22.5 Å². The molecule has 5 aromatic carbocycles. The fraction of sp³-hybridized carbons (Fsp3) is 0.108. The van der Waals surface area contributed by atoms with Gasteiger partial charge in [0, 0.05) is 34.8 Å². The number of methoxy groups -OCH3 is 4. The van der Waals surface area contributed by atoms with E-state index in [4.69, 9.17) is 18.9 Å². The molecule has 1 N–H and O–H groups in total. The molecule has 0 spiro atoms. The molecule has 5 nitrogen and oxygen atoms in total. The number of aliphatic hydroxyl groups is 1. The molecular formula is C37H35Fe2O5-. The van der Waals surface area contributed by atoms with E-state index in [1.54, 1.807) is 28.4 Å². The summed E-state index contributed by atoms with van der Waals surface area (Å²) in [6.45, 7) is 0. The molecule has 0 heterocycles. The number of benzene rings is 2. The van der Waals surface area contributed by atoms with Gasteiger partial charge in [-0.3, -0.25) is 0 Å². The van der Waals surface area contributed by atoms with Crippen molar-refractivity contribution in [2.45, 2.75) is 0 Å². The third-order valence-corrected chi connectivity index (χ3v) is 6.65. The van der Waals surface area contributed by atoms with Crippen LogP contribution in [0.15, 0.2) is 139 Å². The van der Waals surface area contributed by atoms with E-state index in [-0.39, 0.29) is 39.9 Å². The molecule has 0 atom stereocenters. The van der Waals surface area contributed by atoms with Gasteiger partial charge in [-0.25, -0.2) is 24.3 Å². The predicted molar refractivity (Wildman–Crippen MR) is 171 cm³/mol. The molecule has 0 aromatic heterocycles. The van der Waals surface area contributed by atoms with Crippen molar-refractivity contribution in [2.24, 2.45) is 0 Å². The summed E-state index contributed by atoms with van der Waals surface area (Å²) in [6.07, 6.45) is 5.78. The van der Waals surface area contributed by atoms with E-state index in [0.717, 1.165) is 22.3 Å². The summed E-state index contributed by atoms with van der Waals surface area (Å²) in [7, 11) is 6.48. The normalized spacial score (nSPS) is 12.1. The number of hydrogen-bond donors (Lipinski definition) is 1. The molecule has 7 heteroatoms. The molecule has 0 amide bonds. The van der Waals surface area contributed by atoms with Crippen molar-refractivity contribution in [1.29, 1.82) is 0 Å². The van der Waals surface area contributed by atoms with E-state index in [1.807, 2.05) is 133 Å². The van der Waals surface area contributed by atoms with E-state index in [0.29, 0.717) is 34.1 Å². The minimum atomic E-state index is 0. The Balaban J connectivity index is 0.000000476. The van der Waals surface area contributed by atoms with Crippen LogP contribution in [-0.2, 0) is 34.1 Å². The molecule has 5 aromatic rings. The van der Waals surface area contributed by atoms with Crippen LogP contribution >= 0.6 is 0 Å². The average Bonchev–Trinajstić information content (AvgIpc) is 3.88. The molecule has 0 bridgehead atoms. The minimum Gasteiger partial charge on any atom is -0.522 e. The molecule has 44 heavy (non-hydrogen) atoms. The molecule has 230 valence electrons. The van der Waals surface area contributed by atoms with E-state index in [1.165, 1.54) is 0 Å². The van der Waals surface area contributed by atoms with Crippen molar-refractivity contribution in [3.05, 3.63) is 150 Å². The minimum absolute atomic E-state index is 0. The molecule has 0 fully saturated rings. The monoisotopic (exact) mass is 671 g/mol. The van der Waals surface area contributed by atoms with Crippen LogP contribution in [0.4, 0.5) is 0 Å². The quantitative estimate of drug-likeness (QED) is 0.107. The van der Waals surface area contributed by atoms with Gasteiger partial charge >= 0.3 is 17.1 Å². The molecule has 1 aliphatic rings. The molecule has 6 rings (SSSR count). The third-order valence-electron chi connectivity index (χ3n) is 6.65. The first kappa shape index (κ1) is 35.9. The van der Waals surface area contributed by atoms with E-state index >= 15 is 0 Å².